The van der Waals surface area contributed by atoms with Crippen LogP contribution in [-0.4, -0.2) is 25.2 Å². The summed E-state index contributed by atoms with van der Waals surface area (Å²) in [6.07, 6.45) is 9.26. The lowest BCUT2D eigenvalue weighted by Crippen LogP contribution is -2.21. The van der Waals surface area contributed by atoms with Gasteiger partial charge in [-0.25, -0.2) is 0 Å². The molecule has 0 radical (unpaired) electrons. The summed E-state index contributed by atoms with van der Waals surface area (Å²) >= 11 is 0. The van der Waals surface area contributed by atoms with Crippen LogP contribution in [0.2, 0.25) is 0 Å². The molecule has 0 aliphatic heterocycles. The van der Waals surface area contributed by atoms with Crippen molar-refractivity contribution in [3.8, 4) is 0 Å². The van der Waals surface area contributed by atoms with Gasteiger partial charge in [-0.05, 0) is 33.1 Å². The first kappa shape index (κ1) is 18.7. The molecule has 1 atom stereocenters. The molecule has 4 nitrogen and oxygen atoms in total. The average molecular weight is 284 g/mol. The first-order chi connectivity index (χ1) is 9.65. The first-order valence-corrected chi connectivity index (χ1v) is 7.62. The minimum atomic E-state index is -0.434. The van der Waals surface area contributed by atoms with E-state index in [4.69, 9.17) is 9.47 Å². The van der Waals surface area contributed by atoms with E-state index in [2.05, 4.69) is 13.0 Å². The molecule has 0 spiro atoms. The summed E-state index contributed by atoms with van der Waals surface area (Å²) in [5.41, 5.74) is 0. The highest BCUT2D eigenvalue weighted by atomic mass is 16.5. The third-order valence-electron chi connectivity index (χ3n) is 2.90. The Bertz CT molecular complexity index is 297. The number of hydrogen-bond donors (Lipinski definition) is 0. The third kappa shape index (κ3) is 9.59. The lowest BCUT2D eigenvalue weighted by Gasteiger charge is -2.12. The van der Waals surface area contributed by atoms with E-state index in [9.17, 15) is 9.59 Å². The van der Waals surface area contributed by atoms with Gasteiger partial charge in [0, 0.05) is 0 Å². The van der Waals surface area contributed by atoms with Crippen LogP contribution in [0.4, 0.5) is 0 Å². The van der Waals surface area contributed by atoms with Gasteiger partial charge >= 0.3 is 11.9 Å². The smallest absolute Gasteiger partial charge is 0.309 e. The second-order valence-electron chi connectivity index (χ2n) is 4.66. The maximum atomic E-state index is 11.8. The molecular weight excluding hydrogens is 256 g/mol. The average Bonchev–Trinajstić information content (AvgIpc) is 2.41. The Hall–Kier alpha value is -1.32. The maximum Gasteiger partial charge on any atom is 0.309 e. The molecule has 0 aromatic carbocycles. The number of allylic oxidation sites excluding steroid dienone is 2. The number of esters is 2. The molecule has 0 heterocycles. The van der Waals surface area contributed by atoms with E-state index in [1.165, 1.54) is 12.8 Å². The van der Waals surface area contributed by atoms with Gasteiger partial charge in [0.2, 0.25) is 0 Å². The zero-order valence-corrected chi connectivity index (χ0v) is 13.0. The lowest BCUT2D eigenvalue weighted by atomic mass is 10.0. The van der Waals surface area contributed by atoms with Gasteiger partial charge in [0.15, 0.2) is 0 Å². The molecule has 0 saturated carbocycles. The van der Waals surface area contributed by atoms with Crippen LogP contribution in [0.25, 0.3) is 0 Å². The fraction of sp³-hybridized carbons (Fsp3) is 0.750. The van der Waals surface area contributed by atoms with E-state index in [1.54, 1.807) is 13.8 Å². The minimum absolute atomic E-state index is 0.0893. The Morgan fingerprint density at radius 2 is 1.70 bits per heavy atom. The van der Waals surface area contributed by atoms with E-state index < -0.39 is 5.92 Å². The molecule has 1 unspecified atom stereocenters. The van der Waals surface area contributed by atoms with E-state index >= 15 is 0 Å². The highest BCUT2D eigenvalue weighted by Crippen LogP contribution is 2.14. The normalized spacial score (nSPS) is 12.3. The summed E-state index contributed by atoms with van der Waals surface area (Å²) in [6.45, 7) is 6.35. The van der Waals surface area contributed by atoms with Gasteiger partial charge in [-0.3, -0.25) is 9.59 Å². The van der Waals surface area contributed by atoms with Crippen molar-refractivity contribution in [3.63, 3.8) is 0 Å². The van der Waals surface area contributed by atoms with Crippen LogP contribution < -0.4 is 0 Å². The topological polar surface area (TPSA) is 52.6 Å². The number of hydrogen-bond acceptors (Lipinski definition) is 4. The van der Waals surface area contributed by atoms with Crippen molar-refractivity contribution in [1.82, 2.24) is 0 Å². The summed E-state index contributed by atoms with van der Waals surface area (Å²) in [5, 5.41) is 0. The molecule has 20 heavy (non-hydrogen) atoms. The van der Waals surface area contributed by atoms with Crippen LogP contribution in [0.15, 0.2) is 12.2 Å². The molecule has 4 heteroatoms. The molecule has 0 aliphatic carbocycles. The molecule has 0 aliphatic rings. The Morgan fingerprint density at radius 1 is 1.00 bits per heavy atom. The summed E-state index contributed by atoms with van der Waals surface area (Å²) < 4.78 is 9.89. The van der Waals surface area contributed by atoms with E-state index in [1.807, 2.05) is 6.08 Å². The second-order valence-corrected chi connectivity index (χ2v) is 4.66. The molecule has 0 N–H and O–H groups in total. The molecule has 116 valence electrons. The van der Waals surface area contributed by atoms with E-state index in [0.717, 1.165) is 12.8 Å². The van der Waals surface area contributed by atoms with Crippen LogP contribution in [0.3, 0.4) is 0 Å². The zero-order valence-electron chi connectivity index (χ0n) is 13.0. The highest BCUT2D eigenvalue weighted by Gasteiger charge is 2.22. The molecule has 0 fully saturated rings. The van der Waals surface area contributed by atoms with Gasteiger partial charge < -0.3 is 9.47 Å². The number of rotatable bonds is 11. The van der Waals surface area contributed by atoms with Crippen molar-refractivity contribution in [1.29, 1.82) is 0 Å². The van der Waals surface area contributed by atoms with Gasteiger partial charge in [0.05, 0.1) is 25.6 Å². The fourth-order valence-electron chi connectivity index (χ4n) is 1.83. The van der Waals surface area contributed by atoms with Crippen LogP contribution >= 0.6 is 0 Å². The van der Waals surface area contributed by atoms with Gasteiger partial charge in [0.25, 0.3) is 0 Å². The molecular formula is C16H28O4. The minimum Gasteiger partial charge on any atom is -0.466 e. The predicted octanol–water partition coefficient (Wildman–Crippen LogP) is 3.65. The number of carbonyl (C=O) groups is 2. The number of unbranched alkanes of at least 4 members (excludes halogenated alkanes) is 3. The molecule has 0 rings (SSSR count). The summed E-state index contributed by atoms with van der Waals surface area (Å²) in [4.78, 5) is 23.3. The van der Waals surface area contributed by atoms with Crippen molar-refractivity contribution < 1.29 is 19.1 Å². The van der Waals surface area contributed by atoms with Crippen LogP contribution in [-0.2, 0) is 19.1 Å². The Labute approximate surface area is 122 Å². The third-order valence-corrected chi connectivity index (χ3v) is 2.90. The second kappa shape index (κ2) is 12.7. The van der Waals surface area contributed by atoms with Gasteiger partial charge in [-0.15, -0.1) is 0 Å². The molecule has 0 aromatic rings. The van der Waals surface area contributed by atoms with Crippen LogP contribution in [0, 0.1) is 5.92 Å². The van der Waals surface area contributed by atoms with Gasteiger partial charge in [-0.2, -0.15) is 0 Å². The fourth-order valence-corrected chi connectivity index (χ4v) is 1.83. The summed E-state index contributed by atoms with van der Waals surface area (Å²) in [6, 6.07) is 0. The predicted molar refractivity (Wildman–Crippen MR) is 79.3 cm³/mol. The van der Waals surface area contributed by atoms with Crippen LogP contribution in [0.1, 0.15) is 59.3 Å². The summed E-state index contributed by atoms with van der Waals surface area (Å²) in [5.74, 6) is -1.10. The Balaban J connectivity index is 4.23. The van der Waals surface area contributed by atoms with Gasteiger partial charge in [-0.1, -0.05) is 31.9 Å². The van der Waals surface area contributed by atoms with Crippen molar-refractivity contribution in [3.05, 3.63) is 12.2 Å². The highest BCUT2D eigenvalue weighted by molar-refractivity contribution is 5.80. The van der Waals surface area contributed by atoms with E-state index in [-0.39, 0.29) is 18.4 Å². The van der Waals surface area contributed by atoms with Crippen LogP contribution in [0.5, 0.6) is 0 Å². The largest absolute Gasteiger partial charge is 0.466 e. The SMILES string of the molecule is CCCCCC=CCC(CC(=O)OCC)C(=O)OCC. The number of carbonyl (C=O) groups excluding carboxylic acids is 2. The van der Waals surface area contributed by atoms with Gasteiger partial charge in [0.1, 0.15) is 0 Å². The first-order valence-electron chi connectivity index (χ1n) is 7.62. The Kier molecular flexibility index (Phi) is 11.9. The van der Waals surface area contributed by atoms with Crippen molar-refractivity contribution >= 4 is 11.9 Å². The lowest BCUT2D eigenvalue weighted by molar-refractivity contribution is -0.154. The van der Waals surface area contributed by atoms with Crippen molar-refractivity contribution in [2.45, 2.75) is 59.3 Å². The molecule has 0 saturated heterocycles. The molecule has 0 amide bonds. The quantitative estimate of drug-likeness (QED) is 0.330. The monoisotopic (exact) mass is 284 g/mol. The zero-order chi connectivity index (χ0) is 15.2. The number of ether oxygens (including phenoxy) is 2. The standard InChI is InChI=1S/C16H28O4/c1-4-7-8-9-10-11-12-14(16(18)20-6-3)13-15(17)19-5-2/h10-11,14H,4-9,12-13H2,1-3H3. The molecule has 0 aromatic heterocycles. The van der Waals surface area contributed by atoms with Crippen molar-refractivity contribution in [2.75, 3.05) is 13.2 Å². The molecule has 0 bridgehead atoms. The maximum absolute atomic E-state index is 11.8. The summed E-state index contributed by atoms with van der Waals surface area (Å²) in [7, 11) is 0. The Morgan fingerprint density at radius 3 is 2.30 bits per heavy atom. The van der Waals surface area contributed by atoms with Crippen molar-refractivity contribution in [2.24, 2.45) is 5.92 Å². The van der Waals surface area contributed by atoms with E-state index in [0.29, 0.717) is 19.6 Å².